The largest absolute Gasteiger partial charge is 0.445 e. The molecule has 2 rings (SSSR count). The summed E-state index contributed by atoms with van der Waals surface area (Å²) in [7, 11) is 0. The third-order valence-electron chi connectivity index (χ3n) is 4.04. The summed E-state index contributed by atoms with van der Waals surface area (Å²) in [6.45, 7) is 7.50. The number of ketones is 1. The molecule has 0 radical (unpaired) electrons. The fourth-order valence-electron chi connectivity index (χ4n) is 2.96. The predicted octanol–water partition coefficient (Wildman–Crippen LogP) is 2.29. The van der Waals surface area contributed by atoms with Crippen LogP contribution in [0.1, 0.15) is 39.7 Å². The van der Waals surface area contributed by atoms with Crippen LogP contribution in [0.15, 0.2) is 30.3 Å². The van der Waals surface area contributed by atoms with Gasteiger partial charge in [0.2, 0.25) is 5.91 Å². The Balaban J connectivity index is 2.04. The van der Waals surface area contributed by atoms with Crippen molar-refractivity contribution in [2.75, 3.05) is 13.1 Å². The third kappa shape index (κ3) is 6.67. The van der Waals surface area contributed by atoms with E-state index in [0.29, 0.717) is 6.42 Å². The minimum atomic E-state index is -0.722. The van der Waals surface area contributed by atoms with Crippen LogP contribution in [-0.4, -0.2) is 53.5 Å². The summed E-state index contributed by atoms with van der Waals surface area (Å²) in [6.07, 6.45) is -0.481. The molecular weight excluding hydrogens is 348 g/mol. The molecule has 0 spiro atoms. The molecule has 0 saturated carbocycles. The zero-order chi connectivity index (χ0) is 20.0. The number of rotatable bonds is 6. The Labute approximate surface area is 160 Å². The number of nitrogens with zero attached hydrogens (tertiary/aromatic N) is 1. The van der Waals surface area contributed by atoms with Crippen LogP contribution in [0.5, 0.6) is 0 Å². The minimum absolute atomic E-state index is 0.0625. The van der Waals surface area contributed by atoms with Gasteiger partial charge in [-0.1, -0.05) is 30.3 Å². The van der Waals surface area contributed by atoms with Gasteiger partial charge in [0.25, 0.3) is 0 Å². The lowest BCUT2D eigenvalue weighted by Gasteiger charge is -2.25. The highest BCUT2D eigenvalue weighted by Gasteiger charge is 2.42. The normalized spacial score (nSPS) is 19.6. The molecule has 7 heteroatoms. The first kappa shape index (κ1) is 20.9. The maximum absolute atomic E-state index is 12.6. The van der Waals surface area contributed by atoms with Crippen molar-refractivity contribution in [1.82, 2.24) is 10.2 Å². The lowest BCUT2D eigenvalue weighted by molar-refractivity contribution is -0.127. The van der Waals surface area contributed by atoms with Gasteiger partial charge in [-0.3, -0.25) is 14.5 Å². The number of nitrogens with one attached hydrogen (secondary N) is 1. The molecule has 0 bridgehead atoms. The van der Waals surface area contributed by atoms with E-state index in [9.17, 15) is 14.4 Å². The molecule has 0 unspecified atom stereocenters. The second kappa shape index (κ2) is 8.99. The quantitative estimate of drug-likeness (QED) is 0.823. The first-order chi connectivity index (χ1) is 12.7. The van der Waals surface area contributed by atoms with Crippen LogP contribution in [0, 0.1) is 0 Å². The van der Waals surface area contributed by atoms with Crippen LogP contribution in [0.2, 0.25) is 0 Å². The summed E-state index contributed by atoms with van der Waals surface area (Å²) in [5.41, 5.74) is 0.472. The Hall–Kier alpha value is -2.41. The van der Waals surface area contributed by atoms with E-state index < -0.39 is 17.7 Å². The van der Waals surface area contributed by atoms with E-state index in [1.54, 1.807) is 0 Å². The molecule has 1 aliphatic rings. The number of Topliss-reactive ketones (excluding diaryl/α,β-unsaturated/α-hetero) is 1. The molecule has 1 N–H and O–H groups in total. The van der Waals surface area contributed by atoms with Gasteiger partial charge in [0.1, 0.15) is 18.4 Å². The van der Waals surface area contributed by atoms with E-state index in [1.807, 2.05) is 51.1 Å². The summed E-state index contributed by atoms with van der Waals surface area (Å²) in [5.74, 6) is -0.524. The van der Waals surface area contributed by atoms with Crippen LogP contribution >= 0.6 is 0 Å². The second-order valence-corrected chi connectivity index (χ2v) is 7.72. The lowest BCUT2D eigenvalue weighted by Crippen LogP contribution is -2.47. The molecule has 7 nitrogen and oxygen atoms in total. The summed E-state index contributed by atoms with van der Waals surface area (Å²) in [4.78, 5) is 37.6. The number of likely N-dealkylation sites (tertiary alicyclic amines) is 1. The highest BCUT2D eigenvalue weighted by atomic mass is 16.6. The first-order valence-electron chi connectivity index (χ1n) is 9.08. The van der Waals surface area contributed by atoms with Crippen LogP contribution in [-0.2, 0) is 25.7 Å². The zero-order valence-electron chi connectivity index (χ0n) is 16.4. The Morgan fingerprint density at radius 2 is 1.85 bits per heavy atom. The topological polar surface area (TPSA) is 84.9 Å². The maximum Gasteiger partial charge on any atom is 0.410 e. The van der Waals surface area contributed by atoms with E-state index in [0.717, 1.165) is 5.56 Å². The third-order valence-corrected chi connectivity index (χ3v) is 4.04. The average Bonchev–Trinajstić information content (AvgIpc) is 3.00. The zero-order valence-corrected chi connectivity index (χ0v) is 16.4. The fraction of sp³-hybridized carbons (Fsp3) is 0.550. The summed E-state index contributed by atoms with van der Waals surface area (Å²) >= 11 is 0. The minimum Gasteiger partial charge on any atom is -0.445 e. The molecule has 1 saturated heterocycles. The molecular formula is C20H28N2O5. The average molecular weight is 376 g/mol. The number of carbonyl (C=O) groups is 3. The molecule has 1 aliphatic heterocycles. The van der Waals surface area contributed by atoms with E-state index in [1.165, 1.54) is 11.8 Å². The number of benzene rings is 1. The molecule has 148 valence electrons. The van der Waals surface area contributed by atoms with Gasteiger partial charge in [0, 0.05) is 6.42 Å². The van der Waals surface area contributed by atoms with Gasteiger partial charge in [0.15, 0.2) is 0 Å². The molecule has 1 aromatic rings. The van der Waals surface area contributed by atoms with Gasteiger partial charge in [-0.2, -0.15) is 0 Å². The van der Waals surface area contributed by atoms with E-state index in [2.05, 4.69) is 5.32 Å². The SMILES string of the molecule is CC(=O)CNC(=O)[C@@H]1C[C@@H](OC(C)(C)C)CN1C(=O)OCc1ccccc1. The summed E-state index contributed by atoms with van der Waals surface area (Å²) in [5, 5.41) is 2.57. The Morgan fingerprint density at radius 1 is 1.19 bits per heavy atom. The van der Waals surface area contributed by atoms with Crippen molar-refractivity contribution in [1.29, 1.82) is 0 Å². The lowest BCUT2D eigenvalue weighted by atomic mass is 10.1. The van der Waals surface area contributed by atoms with Crippen molar-refractivity contribution in [3.63, 3.8) is 0 Å². The molecule has 1 aromatic carbocycles. The molecule has 1 fully saturated rings. The van der Waals surface area contributed by atoms with E-state index >= 15 is 0 Å². The van der Waals surface area contributed by atoms with Gasteiger partial charge in [-0.25, -0.2) is 4.79 Å². The predicted molar refractivity (Wildman–Crippen MR) is 100 cm³/mol. The van der Waals surface area contributed by atoms with Gasteiger partial charge in [0.05, 0.1) is 24.8 Å². The Bertz CT molecular complexity index is 669. The smallest absolute Gasteiger partial charge is 0.410 e. The van der Waals surface area contributed by atoms with Crippen molar-refractivity contribution in [2.24, 2.45) is 0 Å². The van der Waals surface area contributed by atoms with Crippen molar-refractivity contribution in [3.05, 3.63) is 35.9 Å². The fourth-order valence-corrected chi connectivity index (χ4v) is 2.96. The number of hydrogen-bond donors (Lipinski definition) is 1. The molecule has 27 heavy (non-hydrogen) atoms. The van der Waals surface area contributed by atoms with Crippen LogP contribution in [0.3, 0.4) is 0 Å². The van der Waals surface area contributed by atoms with Gasteiger partial charge in [-0.05, 0) is 33.3 Å². The first-order valence-corrected chi connectivity index (χ1v) is 9.08. The standard InChI is InChI=1S/C20H28N2O5/c1-14(23)11-21-18(24)17-10-16(27-20(2,3)4)12-22(17)19(25)26-13-15-8-6-5-7-9-15/h5-9,16-17H,10-13H2,1-4H3,(H,21,24)/t16-,17+/m1/s1. The highest BCUT2D eigenvalue weighted by Crippen LogP contribution is 2.25. The molecule has 2 atom stereocenters. The second-order valence-electron chi connectivity index (χ2n) is 7.72. The van der Waals surface area contributed by atoms with Crippen molar-refractivity contribution < 1.29 is 23.9 Å². The molecule has 0 aliphatic carbocycles. The number of ether oxygens (including phenoxy) is 2. The number of hydrogen-bond acceptors (Lipinski definition) is 5. The maximum atomic E-state index is 12.6. The van der Waals surface area contributed by atoms with Crippen molar-refractivity contribution >= 4 is 17.8 Å². The van der Waals surface area contributed by atoms with Crippen LogP contribution in [0.4, 0.5) is 4.79 Å². The molecule has 2 amide bonds. The number of amides is 2. The Kier molecular flexibility index (Phi) is 6.96. The van der Waals surface area contributed by atoms with Gasteiger partial charge < -0.3 is 14.8 Å². The Morgan fingerprint density at radius 3 is 2.44 bits per heavy atom. The number of carbonyl (C=O) groups excluding carboxylic acids is 3. The molecule has 0 aromatic heterocycles. The summed E-state index contributed by atoms with van der Waals surface area (Å²) < 4.78 is 11.3. The highest BCUT2D eigenvalue weighted by molar-refractivity contribution is 5.89. The summed E-state index contributed by atoms with van der Waals surface area (Å²) in [6, 6.07) is 8.61. The van der Waals surface area contributed by atoms with E-state index in [-0.39, 0.29) is 37.5 Å². The van der Waals surface area contributed by atoms with Gasteiger partial charge >= 0.3 is 6.09 Å². The molecule has 1 heterocycles. The van der Waals surface area contributed by atoms with Gasteiger partial charge in [-0.15, -0.1) is 0 Å². The van der Waals surface area contributed by atoms with Crippen molar-refractivity contribution in [3.8, 4) is 0 Å². The van der Waals surface area contributed by atoms with Crippen LogP contribution < -0.4 is 5.32 Å². The van der Waals surface area contributed by atoms with Crippen LogP contribution in [0.25, 0.3) is 0 Å². The van der Waals surface area contributed by atoms with Crippen molar-refractivity contribution in [2.45, 2.75) is 58.5 Å². The van der Waals surface area contributed by atoms with E-state index in [4.69, 9.17) is 9.47 Å². The monoisotopic (exact) mass is 376 g/mol.